The van der Waals surface area contributed by atoms with Gasteiger partial charge in [0.2, 0.25) is 0 Å². The Morgan fingerprint density at radius 1 is 0.792 bits per heavy atom. The van der Waals surface area contributed by atoms with E-state index in [0.29, 0.717) is 0 Å². The minimum Gasteiger partial charge on any atom is -0.508 e. The van der Waals surface area contributed by atoms with E-state index in [1.807, 2.05) is 38.1 Å². The molecule has 1 nitrogen and oxygen atoms in total. The summed E-state index contributed by atoms with van der Waals surface area (Å²) in [6.45, 7) is 6.09. The number of fused-ring (bicyclic) bond motifs is 3. The van der Waals surface area contributed by atoms with Crippen molar-refractivity contribution < 1.29 is 9.50 Å². The summed E-state index contributed by atoms with van der Waals surface area (Å²) >= 11 is 0. The normalized spacial score (nSPS) is 17.5. The Hall–Kier alpha value is -2.61. The number of hydrogen-bond donors (Lipinski definition) is 1. The molecule has 122 valence electrons. The van der Waals surface area contributed by atoms with E-state index in [9.17, 15) is 9.50 Å². The molecule has 1 unspecified atom stereocenters. The first kappa shape index (κ1) is 16.3. The van der Waals surface area contributed by atoms with Crippen molar-refractivity contribution in [3.8, 4) is 16.9 Å². The maximum atomic E-state index is 13.8. The van der Waals surface area contributed by atoms with Crippen molar-refractivity contribution in [1.29, 1.82) is 0 Å². The second kappa shape index (κ2) is 6.12. The predicted octanol–water partition coefficient (Wildman–Crippen LogP) is 5.89. The Balaban J connectivity index is 0.000000815. The van der Waals surface area contributed by atoms with Gasteiger partial charge in [0.05, 0.1) is 0 Å². The lowest BCUT2D eigenvalue weighted by Crippen LogP contribution is -2.22. The van der Waals surface area contributed by atoms with Crippen molar-refractivity contribution in [2.45, 2.75) is 26.2 Å². The van der Waals surface area contributed by atoms with Gasteiger partial charge in [0, 0.05) is 5.41 Å². The summed E-state index contributed by atoms with van der Waals surface area (Å²) in [5, 5.41) is 9.94. The lowest BCUT2D eigenvalue weighted by molar-refractivity contribution is 0.473. The van der Waals surface area contributed by atoms with E-state index < -0.39 is 5.41 Å². The molecule has 0 saturated heterocycles. The van der Waals surface area contributed by atoms with E-state index in [2.05, 4.69) is 19.1 Å². The molecule has 0 heterocycles. The van der Waals surface area contributed by atoms with Gasteiger partial charge in [-0.1, -0.05) is 56.3 Å². The molecule has 3 aromatic carbocycles. The Bertz CT molecular complexity index is 885. The maximum Gasteiger partial charge on any atom is 0.123 e. The number of benzene rings is 3. The second-order valence-electron chi connectivity index (χ2n) is 5.91. The van der Waals surface area contributed by atoms with Gasteiger partial charge in [-0.3, -0.25) is 0 Å². The van der Waals surface area contributed by atoms with Gasteiger partial charge in [0.25, 0.3) is 0 Å². The average Bonchev–Trinajstić information content (AvgIpc) is 2.87. The monoisotopic (exact) mass is 320 g/mol. The number of phenols is 1. The fourth-order valence-corrected chi connectivity index (χ4v) is 3.59. The van der Waals surface area contributed by atoms with Gasteiger partial charge in [-0.25, -0.2) is 4.39 Å². The van der Waals surface area contributed by atoms with Crippen molar-refractivity contribution in [1.82, 2.24) is 0 Å². The minimum absolute atomic E-state index is 0.231. The molecule has 1 aliphatic rings. The summed E-state index contributed by atoms with van der Waals surface area (Å²) in [5.41, 5.74) is 4.82. The highest BCUT2D eigenvalue weighted by molar-refractivity contribution is 5.83. The molecule has 1 atom stereocenters. The lowest BCUT2D eigenvalue weighted by Gasteiger charge is -2.28. The highest BCUT2D eigenvalue weighted by atomic mass is 19.1. The van der Waals surface area contributed by atoms with Gasteiger partial charge in [-0.05, 0) is 59.0 Å². The predicted molar refractivity (Wildman–Crippen MR) is 96.8 cm³/mol. The van der Waals surface area contributed by atoms with Crippen LogP contribution >= 0.6 is 0 Å². The lowest BCUT2D eigenvalue weighted by atomic mass is 9.74. The van der Waals surface area contributed by atoms with Crippen LogP contribution < -0.4 is 0 Å². The van der Waals surface area contributed by atoms with Crippen molar-refractivity contribution in [3.63, 3.8) is 0 Å². The van der Waals surface area contributed by atoms with Crippen molar-refractivity contribution >= 4 is 0 Å². The smallest absolute Gasteiger partial charge is 0.123 e. The molecular weight excluding hydrogens is 299 g/mol. The van der Waals surface area contributed by atoms with Gasteiger partial charge in [-0.2, -0.15) is 0 Å². The second-order valence-corrected chi connectivity index (χ2v) is 5.91. The molecule has 0 amide bonds. The van der Waals surface area contributed by atoms with E-state index >= 15 is 0 Å². The first-order valence-corrected chi connectivity index (χ1v) is 8.30. The van der Waals surface area contributed by atoms with Crippen LogP contribution in [0, 0.1) is 5.82 Å². The number of phenolic OH excluding ortho intramolecular Hbond substituents is 1. The van der Waals surface area contributed by atoms with Crippen LogP contribution in [-0.2, 0) is 5.41 Å². The fourth-order valence-electron chi connectivity index (χ4n) is 3.59. The van der Waals surface area contributed by atoms with Gasteiger partial charge in [-0.15, -0.1) is 0 Å². The molecule has 2 heteroatoms. The summed E-state index contributed by atoms with van der Waals surface area (Å²) in [4.78, 5) is 0. The van der Waals surface area contributed by atoms with Gasteiger partial charge >= 0.3 is 0 Å². The molecule has 0 bridgehead atoms. The van der Waals surface area contributed by atoms with Gasteiger partial charge < -0.3 is 5.11 Å². The summed E-state index contributed by atoms with van der Waals surface area (Å²) in [5.74, 6) is -0.0148. The minimum atomic E-state index is -0.466. The van der Waals surface area contributed by atoms with E-state index in [-0.39, 0.29) is 11.6 Å². The third-order valence-electron chi connectivity index (χ3n) is 4.70. The summed E-state index contributed by atoms with van der Waals surface area (Å²) in [6, 6.07) is 20.3. The number of aromatic hydroxyl groups is 1. The number of hydrogen-bond acceptors (Lipinski definition) is 1. The van der Waals surface area contributed by atoms with Gasteiger partial charge in [0.1, 0.15) is 11.6 Å². The molecule has 1 N–H and O–H groups in total. The van der Waals surface area contributed by atoms with Crippen LogP contribution in [0.3, 0.4) is 0 Å². The van der Waals surface area contributed by atoms with Crippen molar-refractivity contribution in [2.24, 2.45) is 0 Å². The van der Waals surface area contributed by atoms with Gasteiger partial charge in [0.15, 0.2) is 0 Å². The zero-order valence-corrected chi connectivity index (χ0v) is 14.2. The molecule has 0 radical (unpaired) electrons. The molecular formula is C22H21FO. The standard InChI is InChI=1S/C20H15FO.C2H6/c1-20(13-5-4-6-14(21)11-13)18-8-3-2-7-16(18)17-10-9-15(22)12-19(17)20;1-2/h2-12,22H,1H3;1-2H3. The number of rotatable bonds is 1. The van der Waals surface area contributed by atoms with Crippen LogP contribution in [0.2, 0.25) is 0 Å². The fraction of sp³-hybridized carbons (Fsp3) is 0.182. The molecule has 0 saturated carbocycles. The maximum absolute atomic E-state index is 13.8. The molecule has 0 fully saturated rings. The van der Waals surface area contributed by atoms with E-state index in [1.165, 1.54) is 6.07 Å². The largest absolute Gasteiger partial charge is 0.508 e. The molecule has 4 rings (SSSR count). The molecule has 0 spiro atoms. The van der Waals surface area contributed by atoms with Crippen LogP contribution in [0.15, 0.2) is 66.7 Å². The van der Waals surface area contributed by atoms with Crippen molar-refractivity contribution in [2.75, 3.05) is 0 Å². The SMILES string of the molecule is CC.CC1(c2cccc(F)c2)c2ccccc2-c2ccc(O)cc21. The Labute approximate surface area is 142 Å². The average molecular weight is 320 g/mol. The van der Waals surface area contributed by atoms with E-state index in [1.54, 1.807) is 24.3 Å². The number of halogens is 1. The van der Waals surface area contributed by atoms with Crippen LogP contribution in [0.5, 0.6) is 5.75 Å². The van der Waals surface area contributed by atoms with Crippen LogP contribution in [0.4, 0.5) is 4.39 Å². The topological polar surface area (TPSA) is 20.2 Å². The first-order chi connectivity index (χ1) is 11.6. The summed E-state index contributed by atoms with van der Waals surface area (Å²) < 4.78 is 13.8. The van der Waals surface area contributed by atoms with Crippen LogP contribution in [-0.4, -0.2) is 5.11 Å². The van der Waals surface area contributed by atoms with Crippen LogP contribution in [0.25, 0.3) is 11.1 Å². The van der Waals surface area contributed by atoms with Crippen molar-refractivity contribution in [3.05, 3.63) is 89.2 Å². The zero-order chi connectivity index (χ0) is 17.3. The molecule has 0 aromatic heterocycles. The highest BCUT2D eigenvalue weighted by Crippen LogP contribution is 2.52. The molecule has 0 aliphatic heterocycles. The Morgan fingerprint density at radius 2 is 1.50 bits per heavy atom. The summed E-state index contributed by atoms with van der Waals surface area (Å²) in [6.07, 6.45) is 0. The molecule has 1 aliphatic carbocycles. The first-order valence-electron chi connectivity index (χ1n) is 8.30. The third kappa shape index (κ3) is 2.30. The summed E-state index contributed by atoms with van der Waals surface area (Å²) in [7, 11) is 0. The molecule has 24 heavy (non-hydrogen) atoms. The molecule has 3 aromatic rings. The Morgan fingerprint density at radius 3 is 2.25 bits per heavy atom. The quantitative estimate of drug-likeness (QED) is 0.592. The van der Waals surface area contributed by atoms with Crippen LogP contribution in [0.1, 0.15) is 37.5 Å². The zero-order valence-electron chi connectivity index (χ0n) is 14.2. The highest BCUT2D eigenvalue weighted by Gasteiger charge is 2.40. The van der Waals surface area contributed by atoms with E-state index in [4.69, 9.17) is 0 Å². The Kier molecular flexibility index (Phi) is 4.15. The van der Waals surface area contributed by atoms with E-state index in [0.717, 1.165) is 27.8 Å². The third-order valence-corrected chi connectivity index (χ3v) is 4.70.